The molecule has 0 spiro atoms. The third-order valence-corrected chi connectivity index (χ3v) is 6.94. The largest absolute Gasteiger partial charge is 0.444 e. The molecule has 0 radical (unpaired) electrons. The highest BCUT2D eigenvalue weighted by atomic mass is 16.6. The molecule has 4 rings (SSSR count). The van der Waals surface area contributed by atoms with Crippen molar-refractivity contribution in [3.8, 4) is 0 Å². The Hall–Kier alpha value is -3.37. The highest BCUT2D eigenvalue weighted by Crippen LogP contribution is 2.37. The molecular weight excluding hydrogens is 452 g/mol. The predicted molar refractivity (Wildman–Crippen MR) is 129 cm³/mol. The molecule has 3 heterocycles. The van der Waals surface area contributed by atoms with Gasteiger partial charge in [0.15, 0.2) is 5.84 Å². The van der Waals surface area contributed by atoms with E-state index >= 15 is 0 Å². The van der Waals surface area contributed by atoms with Gasteiger partial charge in [-0.3, -0.25) is 9.59 Å². The molecule has 11 heteroatoms. The number of hydrogen-bond donors (Lipinski definition) is 3. The first-order valence-electron chi connectivity index (χ1n) is 12.1. The lowest BCUT2D eigenvalue weighted by atomic mass is 9.88. The third kappa shape index (κ3) is 5.18. The number of H-pyrrole nitrogens is 1. The standard InChI is InChI=1S/C24H34N6O5/c1-23(2,3)35-22(33)29-11-7-15(8-12-29)17-13-18(31)26-20-16(14-25-30(17)20)19(28-34)27-21(32)24(4)9-5-6-10-24/h13-15,34H,5-12H2,1-4H3,(H,26,31)(H,27,28,32). The zero-order valence-corrected chi connectivity index (χ0v) is 20.8. The van der Waals surface area contributed by atoms with Crippen LogP contribution >= 0.6 is 0 Å². The molecule has 1 saturated heterocycles. The van der Waals surface area contributed by atoms with Crippen LogP contribution in [0.25, 0.3) is 5.65 Å². The molecule has 2 aromatic heterocycles. The van der Waals surface area contributed by atoms with Gasteiger partial charge < -0.3 is 25.1 Å². The number of amides is 2. The van der Waals surface area contributed by atoms with E-state index in [1.54, 1.807) is 9.42 Å². The molecule has 190 valence electrons. The van der Waals surface area contributed by atoms with Gasteiger partial charge in [-0.1, -0.05) is 24.9 Å². The number of aromatic nitrogens is 3. The number of ether oxygens (including phenoxy) is 1. The third-order valence-electron chi connectivity index (χ3n) is 6.94. The number of aromatic amines is 1. The van der Waals surface area contributed by atoms with Crippen molar-refractivity contribution in [1.82, 2.24) is 24.8 Å². The fraction of sp³-hybridized carbons (Fsp3) is 0.625. The Morgan fingerprint density at radius 3 is 2.51 bits per heavy atom. The summed E-state index contributed by atoms with van der Waals surface area (Å²) in [5.74, 6) is -0.270. The second kappa shape index (κ2) is 9.35. The van der Waals surface area contributed by atoms with E-state index in [1.807, 2.05) is 27.7 Å². The van der Waals surface area contributed by atoms with Crippen molar-refractivity contribution in [3.63, 3.8) is 0 Å². The lowest BCUT2D eigenvalue weighted by Crippen LogP contribution is -2.41. The first kappa shape index (κ1) is 24.7. The van der Waals surface area contributed by atoms with Gasteiger partial charge in [-0.2, -0.15) is 5.10 Å². The van der Waals surface area contributed by atoms with Gasteiger partial charge in [-0.25, -0.2) is 9.31 Å². The number of fused-ring (bicyclic) bond motifs is 1. The van der Waals surface area contributed by atoms with Gasteiger partial charge in [-0.05, 0) is 46.5 Å². The summed E-state index contributed by atoms with van der Waals surface area (Å²) < 4.78 is 7.08. The molecule has 2 aromatic rings. The summed E-state index contributed by atoms with van der Waals surface area (Å²) in [4.78, 5) is 42.3. The minimum Gasteiger partial charge on any atom is -0.444 e. The highest BCUT2D eigenvalue weighted by molar-refractivity contribution is 6.11. The van der Waals surface area contributed by atoms with Crippen LogP contribution in [-0.4, -0.2) is 61.2 Å². The Kier molecular flexibility index (Phi) is 6.61. The van der Waals surface area contributed by atoms with Crippen molar-refractivity contribution < 1.29 is 19.5 Å². The molecule has 0 bridgehead atoms. The molecule has 1 saturated carbocycles. The SMILES string of the molecule is CC(C)(C)OC(=O)N1CCC(c2cc(=O)[nH]c3c(/C(=N\O)NC(=O)C4(C)CCCC4)cnn23)CC1. The Balaban J connectivity index is 1.55. The molecule has 35 heavy (non-hydrogen) atoms. The van der Waals surface area contributed by atoms with Crippen LogP contribution in [0.4, 0.5) is 4.79 Å². The summed E-state index contributed by atoms with van der Waals surface area (Å²) in [5, 5.41) is 20.1. The second-order valence-electron chi connectivity index (χ2n) is 10.8. The van der Waals surface area contributed by atoms with Crippen LogP contribution in [0, 0.1) is 5.41 Å². The van der Waals surface area contributed by atoms with Gasteiger partial charge in [0.2, 0.25) is 5.91 Å². The van der Waals surface area contributed by atoms with Crippen molar-refractivity contribution in [1.29, 1.82) is 0 Å². The number of nitrogens with zero attached hydrogens (tertiary/aromatic N) is 4. The van der Waals surface area contributed by atoms with Crippen LogP contribution < -0.4 is 10.9 Å². The van der Waals surface area contributed by atoms with E-state index in [1.165, 1.54) is 12.3 Å². The molecule has 1 aliphatic carbocycles. The Bertz CT molecular complexity index is 1190. The number of hydrogen-bond acceptors (Lipinski definition) is 7. The lowest BCUT2D eigenvalue weighted by molar-refractivity contribution is -0.128. The van der Waals surface area contributed by atoms with E-state index in [-0.39, 0.29) is 29.3 Å². The quantitative estimate of drug-likeness (QED) is 0.264. The van der Waals surface area contributed by atoms with Gasteiger partial charge in [0.1, 0.15) is 11.2 Å². The van der Waals surface area contributed by atoms with Gasteiger partial charge in [0.05, 0.1) is 17.5 Å². The van der Waals surface area contributed by atoms with Crippen LogP contribution in [0.15, 0.2) is 22.2 Å². The van der Waals surface area contributed by atoms with Crippen LogP contribution in [0.1, 0.15) is 83.4 Å². The number of nitrogens with one attached hydrogen (secondary N) is 2. The fourth-order valence-electron chi connectivity index (χ4n) is 4.95. The maximum atomic E-state index is 12.9. The van der Waals surface area contributed by atoms with E-state index in [9.17, 15) is 19.6 Å². The van der Waals surface area contributed by atoms with E-state index in [0.29, 0.717) is 42.8 Å². The van der Waals surface area contributed by atoms with E-state index in [0.717, 1.165) is 25.7 Å². The number of rotatable bonds is 3. The molecule has 2 aliphatic rings. The summed E-state index contributed by atoms with van der Waals surface area (Å²) >= 11 is 0. The van der Waals surface area contributed by atoms with Crippen molar-refractivity contribution in [2.75, 3.05) is 13.1 Å². The summed E-state index contributed by atoms with van der Waals surface area (Å²) in [6.07, 6.45) is 5.92. The highest BCUT2D eigenvalue weighted by Gasteiger charge is 2.37. The lowest BCUT2D eigenvalue weighted by Gasteiger charge is -2.33. The number of piperidine rings is 1. The molecule has 0 atom stereocenters. The van der Waals surface area contributed by atoms with Crippen LogP contribution in [0.3, 0.4) is 0 Å². The van der Waals surface area contributed by atoms with Gasteiger partial charge in [0.25, 0.3) is 5.56 Å². The smallest absolute Gasteiger partial charge is 0.410 e. The Morgan fingerprint density at radius 1 is 1.26 bits per heavy atom. The average Bonchev–Trinajstić information content (AvgIpc) is 3.43. The molecule has 11 nitrogen and oxygen atoms in total. The summed E-state index contributed by atoms with van der Waals surface area (Å²) in [6.45, 7) is 8.41. The van der Waals surface area contributed by atoms with Crippen LogP contribution in [-0.2, 0) is 9.53 Å². The maximum absolute atomic E-state index is 12.9. The zero-order valence-electron chi connectivity index (χ0n) is 20.8. The van der Waals surface area contributed by atoms with Crippen molar-refractivity contribution in [3.05, 3.63) is 33.9 Å². The normalized spacial score (nSPS) is 19.2. The molecule has 0 aromatic carbocycles. The van der Waals surface area contributed by atoms with E-state index < -0.39 is 11.0 Å². The number of oxime groups is 1. The molecule has 2 fully saturated rings. The topological polar surface area (TPSA) is 141 Å². The first-order chi connectivity index (χ1) is 16.5. The first-order valence-corrected chi connectivity index (χ1v) is 12.1. The number of carbonyl (C=O) groups excluding carboxylic acids is 2. The average molecular weight is 487 g/mol. The van der Waals surface area contributed by atoms with Crippen LogP contribution in [0.2, 0.25) is 0 Å². The minimum atomic E-state index is -0.561. The second-order valence-corrected chi connectivity index (χ2v) is 10.8. The maximum Gasteiger partial charge on any atom is 0.410 e. The molecular formula is C24H34N6O5. The minimum absolute atomic E-state index is 0.00672. The monoisotopic (exact) mass is 486 g/mol. The summed E-state index contributed by atoms with van der Waals surface area (Å²) in [6, 6.07) is 1.51. The van der Waals surface area contributed by atoms with E-state index in [4.69, 9.17) is 4.74 Å². The number of likely N-dealkylation sites (tertiary alicyclic amines) is 1. The molecule has 0 unspecified atom stereocenters. The zero-order chi connectivity index (χ0) is 25.4. The van der Waals surface area contributed by atoms with E-state index in [2.05, 4.69) is 20.6 Å². The molecule has 2 amide bonds. The molecule has 3 N–H and O–H groups in total. The fourth-order valence-corrected chi connectivity index (χ4v) is 4.95. The van der Waals surface area contributed by atoms with Crippen molar-refractivity contribution >= 4 is 23.5 Å². The van der Waals surface area contributed by atoms with Gasteiger partial charge in [-0.15, -0.1) is 0 Å². The Labute approximate surface area is 203 Å². The number of carbonyl (C=O) groups is 2. The van der Waals surface area contributed by atoms with Gasteiger partial charge >= 0.3 is 6.09 Å². The van der Waals surface area contributed by atoms with Crippen molar-refractivity contribution in [2.24, 2.45) is 10.6 Å². The van der Waals surface area contributed by atoms with Gasteiger partial charge in [0, 0.05) is 30.5 Å². The molecule has 1 aliphatic heterocycles. The number of amidine groups is 1. The Morgan fingerprint density at radius 2 is 1.91 bits per heavy atom. The summed E-state index contributed by atoms with van der Waals surface area (Å²) in [7, 11) is 0. The van der Waals surface area contributed by atoms with Crippen molar-refractivity contribution in [2.45, 2.75) is 77.7 Å². The summed E-state index contributed by atoms with van der Waals surface area (Å²) in [5.41, 5.74) is -0.0335. The van der Waals surface area contributed by atoms with Crippen LogP contribution in [0.5, 0.6) is 0 Å². The predicted octanol–water partition coefficient (Wildman–Crippen LogP) is 2.97.